The Bertz CT molecular complexity index is 1290. The van der Waals surface area contributed by atoms with E-state index in [1.807, 2.05) is 60.7 Å². The molecule has 4 aromatic rings. The third kappa shape index (κ3) is 6.69. The maximum atomic E-state index is 12.2. The third-order valence-corrected chi connectivity index (χ3v) is 4.95. The molecule has 0 saturated heterocycles. The van der Waals surface area contributed by atoms with Gasteiger partial charge in [-0.05, 0) is 59.7 Å². The summed E-state index contributed by atoms with van der Waals surface area (Å²) in [4.78, 5) is 36.4. The van der Waals surface area contributed by atoms with Crippen molar-refractivity contribution in [3.8, 4) is 11.1 Å². The lowest BCUT2D eigenvalue weighted by Gasteiger charge is -2.11. The van der Waals surface area contributed by atoms with Crippen molar-refractivity contribution in [2.45, 2.75) is 0 Å². The predicted octanol–water partition coefficient (Wildman–Crippen LogP) is 5.08. The summed E-state index contributed by atoms with van der Waals surface area (Å²) >= 11 is 0. The Balaban J connectivity index is 1.23. The number of carbonyl (C=O) groups excluding carboxylic acids is 3. The Kier molecular flexibility index (Phi) is 7.35. The number of amides is 4. The van der Waals surface area contributed by atoms with Crippen LogP contribution in [-0.2, 0) is 9.59 Å². The molecule has 174 valence electrons. The van der Waals surface area contributed by atoms with Crippen molar-refractivity contribution < 1.29 is 14.4 Å². The largest absolute Gasteiger partial charge is 0.327 e. The second-order valence-electron chi connectivity index (χ2n) is 7.50. The maximum absolute atomic E-state index is 12.2. The van der Waals surface area contributed by atoms with Crippen molar-refractivity contribution in [1.82, 2.24) is 5.43 Å². The van der Waals surface area contributed by atoms with Crippen LogP contribution in [0.2, 0.25) is 0 Å². The van der Waals surface area contributed by atoms with Crippen molar-refractivity contribution in [3.05, 3.63) is 109 Å². The second-order valence-corrected chi connectivity index (χ2v) is 7.50. The Hall–Kier alpha value is -5.11. The van der Waals surface area contributed by atoms with Crippen molar-refractivity contribution in [2.24, 2.45) is 0 Å². The summed E-state index contributed by atoms with van der Waals surface area (Å²) in [6.45, 7) is 0. The molecule has 5 N–H and O–H groups in total. The maximum Gasteiger partial charge on any atom is 0.327 e. The van der Waals surface area contributed by atoms with Crippen molar-refractivity contribution in [3.63, 3.8) is 0 Å². The van der Waals surface area contributed by atoms with Gasteiger partial charge in [0.05, 0.1) is 5.69 Å². The molecule has 0 aliphatic carbocycles. The van der Waals surface area contributed by atoms with E-state index < -0.39 is 11.8 Å². The van der Waals surface area contributed by atoms with Crippen molar-refractivity contribution in [2.75, 3.05) is 21.4 Å². The van der Waals surface area contributed by atoms with E-state index in [4.69, 9.17) is 0 Å². The number of hydrogen-bond donors (Lipinski definition) is 5. The van der Waals surface area contributed by atoms with E-state index in [9.17, 15) is 14.4 Å². The van der Waals surface area contributed by atoms with Crippen LogP contribution in [-0.4, -0.2) is 17.8 Å². The molecule has 4 aromatic carbocycles. The van der Waals surface area contributed by atoms with Crippen LogP contribution in [0.25, 0.3) is 11.1 Å². The molecule has 4 rings (SSSR count). The molecule has 0 fully saturated rings. The monoisotopic (exact) mass is 465 g/mol. The van der Waals surface area contributed by atoms with Gasteiger partial charge in [0, 0.05) is 17.1 Å². The number of hydrazine groups is 1. The van der Waals surface area contributed by atoms with Crippen LogP contribution < -0.4 is 26.8 Å². The number of hydrogen-bond acceptors (Lipinski definition) is 4. The zero-order chi connectivity index (χ0) is 24.5. The number of rotatable bonds is 6. The summed E-state index contributed by atoms with van der Waals surface area (Å²) in [6.07, 6.45) is 0. The average molecular weight is 466 g/mol. The van der Waals surface area contributed by atoms with E-state index in [1.54, 1.807) is 48.5 Å². The Morgan fingerprint density at radius 2 is 0.886 bits per heavy atom. The first kappa shape index (κ1) is 23.1. The van der Waals surface area contributed by atoms with Crippen LogP contribution in [0.4, 0.5) is 27.5 Å². The molecule has 8 heteroatoms. The molecule has 0 radical (unpaired) electrons. The summed E-state index contributed by atoms with van der Waals surface area (Å²) < 4.78 is 0. The van der Waals surface area contributed by atoms with Crippen LogP contribution in [0, 0.1) is 0 Å². The number of carbonyl (C=O) groups is 3. The molecule has 0 aliphatic heterocycles. The molecule has 0 unspecified atom stereocenters. The fourth-order valence-electron chi connectivity index (χ4n) is 3.20. The van der Waals surface area contributed by atoms with E-state index in [-0.39, 0.29) is 6.03 Å². The molecule has 0 saturated carbocycles. The normalized spacial score (nSPS) is 10.1. The van der Waals surface area contributed by atoms with Crippen molar-refractivity contribution in [1.29, 1.82) is 0 Å². The zero-order valence-corrected chi connectivity index (χ0v) is 18.6. The van der Waals surface area contributed by atoms with Gasteiger partial charge in [-0.25, -0.2) is 4.79 Å². The summed E-state index contributed by atoms with van der Waals surface area (Å²) in [5.74, 6) is -1.65. The highest BCUT2D eigenvalue weighted by Crippen LogP contribution is 2.21. The first-order valence-electron chi connectivity index (χ1n) is 10.8. The molecular weight excluding hydrogens is 442 g/mol. The van der Waals surface area contributed by atoms with Crippen molar-refractivity contribution >= 4 is 40.6 Å². The van der Waals surface area contributed by atoms with E-state index in [1.165, 1.54) is 0 Å². The minimum Gasteiger partial charge on any atom is -0.318 e. The molecule has 35 heavy (non-hydrogen) atoms. The van der Waals surface area contributed by atoms with Gasteiger partial charge < -0.3 is 16.0 Å². The van der Waals surface area contributed by atoms with Gasteiger partial charge in [0.15, 0.2) is 0 Å². The van der Waals surface area contributed by atoms with E-state index in [0.717, 1.165) is 11.1 Å². The lowest BCUT2D eigenvalue weighted by Crippen LogP contribution is -2.38. The number of benzene rings is 4. The molecule has 0 aromatic heterocycles. The van der Waals surface area contributed by atoms with Gasteiger partial charge in [0.25, 0.3) is 0 Å². The standard InChI is InChI=1S/C27H23N5O3/c33-25(28-22-13-11-20(12-14-22)19-7-3-1-4-8-19)26(34)32-31-24-17-15-23(16-18-24)30-27(35)29-21-9-5-2-6-10-21/h1-18,31H,(H,28,33)(H,32,34)(H2,29,30,35). The number of anilines is 4. The highest BCUT2D eigenvalue weighted by Gasteiger charge is 2.13. The highest BCUT2D eigenvalue weighted by atomic mass is 16.2. The fraction of sp³-hybridized carbons (Fsp3) is 0. The van der Waals surface area contributed by atoms with Crippen LogP contribution in [0.15, 0.2) is 109 Å². The Morgan fingerprint density at radius 3 is 1.51 bits per heavy atom. The number of urea groups is 1. The molecule has 0 bridgehead atoms. The van der Waals surface area contributed by atoms with Gasteiger partial charge in [-0.3, -0.25) is 20.4 Å². The first-order chi connectivity index (χ1) is 17.1. The summed E-state index contributed by atoms with van der Waals surface area (Å²) in [7, 11) is 0. The van der Waals surface area contributed by atoms with Gasteiger partial charge in [0.2, 0.25) is 0 Å². The first-order valence-corrected chi connectivity index (χ1v) is 10.8. The molecule has 0 heterocycles. The Labute approximate surface area is 202 Å². The van der Waals surface area contributed by atoms with E-state index in [2.05, 4.69) is 26.8 Å². The van der Waals surface area contributed by atoms with Gasteiger partial charge in [0.1, 0.15) is 0 Å². The summed E-state index contributed by atoms with van der Waals surface area (Å²) in [5.41, 5.74) is 9.37. The molecule has 4 amide bonds. The van der Waals surface area contributed by atoms with Gasteiger partial charge >= 0.3 is 17.8 Å². The molecule has 0 aliphatic rings. The van der Waals surface area contributed by atoms with E-state index in [0.29, 0.717) is 22.7 Å². The topological polar surface area (TPSA) is 111 Å². The minimum atomic E-state index is -0.846. The lowest BCUT2D eigenvalue weighted by atomic mass is 10.1. The lowest BCUT2D eigenvalue weighted by molar-refractivity contribution is -0.135. The zero-order valence-electron chi connectivity index (χ0n) is 18.6. The van der Waals surface area contributed by atoms with Crippen LogP contribution in [0.1, 0.15) is 0 Å². The summed E-state index contributed by atoms with van der Waals surface area (Å²) in [6, 6.07) is 32.4. The highest BCUT2D eigenvalue weighted by molar-refractivity contribution is 6.39. The molecule has 0 spiro atoms. The van der Waals surface area contributed by atoms with Crippen LogP contribution in [0.3, 0.4) is 0 Å². The minimum absolute atomic E-state index is 0.376. The van der Waals surface area contributed by atoms with Crippen LogP contribution in [0.5, 0.6) is 0 Å². The quantitative estimate of drug-likeness (QED) is 0.202. The smallest absolute Gasteiger partial charge is 0.318 e. The van der Waals surface area contributed by atoms with Gasteiger partial charge in [-0.2, -0.15) is 0 Å². The number of nitrogens with one attached hydrogen (secondary N) is 5. The predicted molar refractivity (Wildman–Crippen MR) is 138 cm³/mol. The molecular formula is C27H23N5O3. The van der Waals surface area contributed by atoms with Gasteiger partial charge in [-0.1, -0.05) is 60.7 Å². The van der Waals surface area contributed by atoms with Crippen LogP contribution >= 0.6 is 0 Å². The third-order valence-electron chi connectivity index (χ3n) is 4.95. The molecule has 8 nitrogen and oxygen atoms in total. The van der Waals surface area contributed by atoms with E-state index >= 15 is 0 Å². The average Bonchev–Trinajstić information content (AvgIpc) is 2.89. The number of para-hydroxylation sites is 1. The molecule has 0 atom stereocenters. The SMILES string of the molecule is O=C(Nc1ccccc1)Nc1ccc(NNC(=O)C(=O)Nc2ccc(-c3ccccc3)cc2)cc1. The fourth-order valence-corrected chi connectivity index (χ4v) is 3.20. The van der Waals surface area contributed by atoms with Gasteiger partial charge in [-0.15, -0.1) is 0 Å². The Morgan fingerprint density at radius 1 is 0.429 bits per heavy atom. The summed E-state index contributed by atoms with van der Waals surface area (Å²) in [5, 5.41) is 8.00. The second kappa shape index (κ2) is 11.2.